The van der Waals surface area contributed by atoms with Gasteiger partial charge in [0.15, 0.2) is 0 Å². The Morgan fingerprint density at radius 2 is 1.93 bits per heavy atom. The molecule has 0 unspecified atom stereocenters. The van der Waals surface area contributed by atoms with Gasteiger partial charge in [0, 0.05) is 0 Å². The zero-order valence-corrected chi connectivity index (χ0v) is 16.1. The maximum absolute atomic E-state index is 13.2. The van der Waals surface area contributed by atoms with E-state index in [0.29, 0.717) is 17.7 Å². The molecule has 12 heteroatoms. The van der Waals surface area contributed by atoms with Gasteiger partial charge in [-0.15, -0.1) is 11.3 Å². The van der Waals surface area contributed by atoms with Crippen LogP contribution in [-0.2, 0) is 22.3 Å². The fraction of sp³-hybridized carbons (Fsp3) is 0.294. The number of alkyl halides is 3. The smallest absolute Gasteiger partial charge is 0.431 e. The number of pyridine rings is 1. The van der Waals surface area contributed by atoms with E-state index in [1.807, 2.05) is 0 Å². The number of anilines is 1. The van der Waals surface area contributed by atoms with Crippen molar-refractivity contribution in [3.63, 3.8) is 0 Å². The molecule has 0 radical (unpaired) electrons. The third kappa shape index (κ3) is 5.02. The molecule has 156 valence electrons. The number of carbonyl (C=O) groups excluding carboxylic acids is 3. The molecule has 0 aliphatic rings. The summed E-state index contributed by atoms with van der Waals surface area (Å²) in [6.45, 7) is 2.36. The molecule has 0 fully saturated rings. The molecule has 2 amide bonds. The molecule has 0 aliphatic heterocycles. The van der Waals surface area contributed by atoms with Crippen LogP contribution >= 0.6 is 11.3 Å². The van der Waals surface area contributed by atoms with Crippen molar-refractivity contribution in [2.45, 2.75) is 26.6 Å². The monoisotopic (exact) mass is 431 g/mol. The lowest BCUT2D eigenvalue weighted by Gasteiger charge is -2.15. The van der Waals surface area contributed by atoms with Gasteiger partial charge >= 0.3 is 12.1 Å². The maximum atomic E-state index is 13.2. The molecule has 0 spiro atoms. The Bertz CT molecular complexity index is 1030. The summed E-state index contributed by atoms with van der Waals surface area (Å²) in [6.07, 6.45) is -4.94. The van der Waals surface area contributed by atoms with Gasteiger partial charge in [-0.1, -0.05) is 0 Å². The number of hydrogen-bond acceptors (Lipinski definition) is 6. The molecular weight excluding hydrogens is 415 g/mol. The zero-order valence-electron chi connectivity index (χ0n) is 15.3. The van der Waals surface area contributed by atoms with Crippen molar-refractivity contribution in [1.29, 1.82) is 0 Å². The number of hydrogen-bond donors (Lipinski definition) is 2. The lowest BCUT2D eigenvalue weighted by atomic mass is 10.2. The Morgan fingerprint density at radius 3 is 2.48 bits per heavy atom. The number of nitrogens with zero attached hydrogens (tertiary/aromatic N) is 1. The highest BCUT2D eigenvalue weighted by atomic mass is 32.1. The summed E-state index contributed by atoms with van der Waals surface area (Å²) in [6, 6.07) is 2.61. The van der Waals surface area contributed by atoms with Gasteiger partial charge in [-0.3, -0.25) is 19.0 Å². The zero-order chi connectivity index (χ0) is 21.9. The van der Waals surface area contributed by atoms with E-state index in [2.05, 4.69) is 5.32 Å². The van der Waals surface area contributed by atoms with Crippen molar-refractivity contribution < 1.29 is 32.3 Å². The number of rotatable bonds is 6. The summed E-state index contributed by atoms with van der Waals surface area (Å²) in [5.74, 6) is -2.78. The summed E-state index contributed by atoms with van der Waals surface area (Å²) in [4.78, 5) is 47.8. The number of aryl methyl sites for hydroxylation is 1. The van der Waals surface area contributed by atoms with Gasteiger partial charge < -0.3 is 15.8 Å². The molecule has 0 aromatic carbocycles. The maximum Gasteiger partial charge on any atom is 0.431 e. The molecule has 2 rings (SSSR count). The molecule has 2 heterocycles. The van der Waals surface area contributed by atoms with Gasteiger partial charge in [-0.05, 0) is 37.6 Å². The van der Waals surface area contributed by atoms with Gasteiger partial charge in [0.1, 0.15) is 22.7 Å². The molecule has 8 nitrogen and oxygen atoms in total. The molecule has 2 aromatic rings. The van der Waals surface area contributed by atoms with Crippen molar-refractivity contribution in [2.24, 2.45) is 5.73 Å². The first-order chi connectivity index (χ1) is 13.5. The van der Waals surface area contributed by atoms with Crippen molar-refractivity contribution >= 4 is 34.1 Å². The van der Waals surface area contributed by atoms with Crippen LogP contribution in [0.15, 0.2) is 23.0 Å². The number of halogens is 3. The molecule has 0 bridgehead atoms. The van der Waals surface area contributed by atoms with E-state index < -0.39 is 47.3 Å². The fourth-order valence-corrected chi connectivity index (χ4v) is 3.42. The Morgan fingerprint density at radius 1 is 1.28 bits per heavy atom. The Balaban J connectivity index is 2.33. The number of carbonyl (C=O) groups is 3. The second-order valence-electron chi connectivity index (χ2n) is 5.78. The van der Waals surface area contributed by atoms with E-state index in [0.717, 1.165) is 11.3 Å². The molecule has 2 aromatic heterocycles. The van der Waals surface area contributed by atoms with E-state index in [-0.39, 0.29) is 21.1 Å². The Labute approximate surface area is 166 Å². The van der Waals surface area contributed by atoms with Crippen LogP contribution in [0.4, 0.5) is 18.2 Å². The van der Waals surface area contributed by atoms with E-state index >= 15 is 0 Å². The first kappa shape index (κ1) is 22.1. The Kier molecular flexibility index (Phi) is 6.47. The quantitative estimate of drug-likeness (QED) is 0.679. The Hall–Kier alpha value is -3.15. The number of primary amides is 1. The summed E-state index contributed by atoms with van der Waals surface area (Å²) in [7, 11) is 0. The SMILES string of the molecule is CCOC(=O)c1sc(NC(=O)Cn2c(C(F)(F)F)ccc(C(N)=O)c2=O)cc1C. The molecule has 0 saturated heterocycles. The molecule has 29 heavy (non-hydrogen) atoms. The second-order valence-corrected chi connectivity index (χ2v) is 6.83. The van der Waals surface area contributed by atoms with E-state index in [1.165, 1.54) is 6.07 Å². The average molecular weight is 431 g/mol. The third-order valence-electron chi connectivity index (χ3n) is 3.67. The number of esters is 1. The number of amides is 2. The minimum absolute atomic E-state index is 0.127. The normalized spacial score (nSPS) is 11.2. The fourth-order valence-electron chi connectivity index (χ4n) is 2.43. The predicted molar refractivity (Wildman–Crippen MR) is 97.9 cm³/mol. The van der Waals surface area contributed by atoms with Crippen molar-refractivity contribution in [2.75, 3.05) is 11.9 Å². The summed E-state index contributed by atoms with van der Waals surface area (Å²) in [5, 5.41) is 2.52. The van der Waals surface area contributed by atoms with Crippen LogP contribution in [-0.4, -0.2) is 29.0 Å². The first-order valence-electron chi connectivity index (χ1n) is 8.14. The van der Waals surface area contributed by atoms with Gasteiger partial charge in [-0.25, -0.2) is 4.79 Å². The predicted octanol–water partition coefficient (Wildman–Crippen LogP) is 2.15. The molecule has 0 saturated carbocycles. The third-order valence-corrected chi connectivity index (χ3v) is 4.81. The minimum atomic E-state index is -4.94. The molecule has 0 aliphatic carbocycles. The first-order valence-corrected chi connectivity index (χ1v) is 8.95. The van der Waals surface area contributed by atoms with Crippen LogP contribution in [0.1, 0.15) is 38.2 Å². The standard InChI is InChI=1S/C17H16F3N3O5S/c1-3-28-16(27)13-8(2)6-12(29-13)22-11(24)7-23-10(17(18,19)20)5-4-9(14(21)25)15(23)26/h4-6H,3,7H2,1-2H3,(H2,21,25)(H,22,24). The lowest BCUT2D eigenvalue weighted by Crippen LogP contribution is -2.36. The second kappa shape index (κ2) is 8.47. The molecule has 0 atom stereocenters. The highest BCUT2D eigenvalue weighted by Gasteiger charge is 2.35. The van der Waals surface area contributed by atoms with E-state index in [9.17, 15) is 32.3 Å². The minimum Gasteiger partial charge on any atom is -0.462 e. The summed E-state index contributed by atoms with van der Waals surface area (Å²) < 4.78 is 44.6. The highest BCUT2D eigenvalue weighted by Crippen LogP contribution is 2.29. The van der Waals surface area contributed by atoms with Gasteiger partial charge in [0.2, 0.25) is 5.91 Å². The molecule has 3 N–H and O–H groups in total. The van der Waals surface area contributed by atoms with Crippen LogP contribution in [0.25, 0.3) is 0 Å². The van der Waals surface area contributed by atoms with Crippen molar-refractivity contribution in [3.05, 3.63) is 50.3 Å². The van der Waals surface area contributed by atoms with Gasteiger partial charge in [0.05, 0.1) is 11.6 Å². The van der Waals surface area contributed by atoms with Crippen molar-refractivity contribution in [3.8, 4) is 0 Å². The number of ether oxygens (including phenoxy) is 1. The highest BCUT2D eigenvalue weighted by molar-refractivity contribution is 7.18. The van der Waals surface area contributed by atoms with Crippen LogP contribution < -0.4 is 16.6 Å². The molecular formula is C17H16F3N3O5S. The summed E-state index contributed by atoms with van der Waals surface area (Å²) in [5.41, 5.74) is 2.08. The van der Waals surface area contributed by atoms with Gasteiger partial charge in [0.25, 0.3) is 11.5 Å². The van der Waals surface area contributed by atoms with Crippen LogP contribution in [0.3, 0.4) is 0 Å². The van der Waals surface area contributed by atoms with Crippen LogP contribution in [0, 0.1) is 6.92 Å². The van der Waals surface area contributed by atoms with Crippen LogP contribution in [0.2, 0.25) is 0 Å². The lowest BCUT2D eigenvalue weighted by molar-refractivity contribution is -0.144. The number of nitrogens with one attached hydrogen (secondary N) is 1. The van der Waals surface area contributed by atoms with E-state index in [1.54, 1.807) is 13.8 Å². The van der Waals surface area contributed by atoms with Gasteiger partial charge in [-0.2, -0.15) is 13.2 Å². The largest absolute Gasteiger partial charge is 0.462 e. The number of thiophene rings is 1. The van der Waals surface area contributed by atoms with Crippen LogP contribution in [0.5, 0.6) is 0 Å². The number of aromatic nitrogens is 1. The number of nitrogens with two attached hydrogens (primary N) is 1. The van der Waals surface area contributed by atoms with Crippen molar-refractivity contribution in [1.82, 2.24) is 4.57 Å². The van der Waals surface area contributed by atoms with E-state index in [4.69, 9.17) is 10.5 Å². The average Bonchev–Trinajstić information content (AvgIpc) is 2.95. The summed E-state index contributed by atoms with van der Waals surface area (Å²) >= 11 is 0.878. The topological polar surface area (TPSA) is 120 Å².